The van der Waals surface area contributed by atoms with Crippen molar-refractivity contribution in [2.75, 3.05) is 19.6 Å². The molecule has 1 aliphatic carbocycles. The van der Waals surface area contributed by atoms with E-state index in [9.17, 15) is 9.59 Å². The molecule has 6 nitrogen and oxygen atoms in total. The summed E-state index contributed by atoms with van der Waals surface area (Å²) in [4.78, 5) is 21.7. The molecule has 0 aliphatic heterocycles. The molecule has 0 bridgehead atoms. The van der Waals surface area contributed by atoms with Gasteiger partial charge in [-0.15, -0.1) is 0 Å². The monoisotopic (exact) mass is 243 g/mol. The van der Waals surface area contributed by atoms with Crippen molar-refractivity contribution in [2.45, 2.75) is 32.2 Å². The van der Waals surface area contributed by atoms with Crippen LogP contribution in [0.15, 0.2) is 0 Å². The minimum absolute atomic E-state index is 0.154. The van der Waals surface area contributed by atoms with Gasteiger partial charge in [0.25, 0.3) is 0 Å². The van der Waals surface area contributed by atoms with Crippen molar-refractivity contribution in [3.05, 3.63) is 0 Å². The van der Waals surface area contributed by atoms with Crippen LogP contribution in [0, 0.1) is 5.92 Å². The second-order valence-corrected chi connectivity index (χ2v) is 4.46. The molecule has 0 heterocycles. The number of aliphatic carboxylic acids is 1. The second kappa shape index (κ2) is 7.11. The fraction of sp³-hybridized carbons (Fsp3) is 0.818. The van der Waals surface area contributed by atoms with Gasteiger partial charge in [-0.1, -0.05) is 6.92 Å². The molecule has 1 fully saturated rings. The molecule has 1 aliphatic rings. The third-order valence-corrected chi connectivity index (χ3v) is 2.64. The highest BCUT2D eigenvalue weighted by Crippen LogP contribution is 2.18. The van der Waals surface area contributed by atoms with Gasteiger partial charge in [-0.05, 0) is 25.8 Å². The number of carboxylic acids is 1. The molecule has 1 rings (SSSR count). The van der Waals surface area contributed by atoms with Crippen molar-refractivity contribution in [3.8, 4) is 0 Å². The summed E-state index contributed by atoms with van der Waals surface area (Å²) in [6.07, 6.45) is 3.42. The zero-order valence-electron chi connectivity index (χ0n) is 10.2. The van der Waals surface area contributed by atoms with Crippen LogP contribution in [0.1, 0.15) is 26.2 Å². The van der Waals surface area contributed by atoms with E-state index in [0.29, 0.717) is 12.6 Å². The second-order valence-electron chi connectivity index (χ2n) is 4.46. The highest BCUT2D eigenvalue weighted by molar-refractivity contribution is 5.75. The van der Waals surface area contributed by atoms with E-state index in [1.165, 1.54) is 12.8 Å². The summed E-state index contributed by atoms with van der Waals surface area (Å²) in [7, 11) is 0. The van der Waals surface area contributed by atoms with Gasteiger partial charge in [-0.3, -0.25) is 4.79 Å². The topological polar surface area (TPSA) is 90.5 Å². The quantitative estimate of drug-likeness (QED) is 0.457. The zero-order chi connectivity index (χ0) is 12.7. The number of carbonyl (C=O) groups excluding carboxylic acids is 1. The summed E-state index contributed by atoms with van der Waals surface area (Å²) in [6, 6.07) is 0.393. The molecule has 1 saturated carbocycles. The van der Waals surface area contributed by atoms with Gasteiger partial charge in [0, 0.05) is 19.1 Å². The summed E-state index contributed by atoms with van der Waals surface area (Å²) in [6.45, 7) is 3.23. The summed E-state index contributed by atoms with van der Waals surface area (Å²) >= 11 is 0. The van der Waals surface area contributed by atoms with Crippen molar-refractivity contribution >= 4 is 12.0 Å². The molecule has 4 N–H and O–H groups in total. The van der Waals surface area contributed by atoms with Gasteiger partial charge in [-0.25, -0.2) is 4.79 Å². The average molecular weight is 243 g/mol. The van der Waals surface area contributed by atoms with E-state index in [1.54, 1.807) is 6.92 Å². The summed E-state index contributed by atoms with van der Waals surface area (Å²) < 4.78 is 0. The molecule has 0 aromatic heterocycles. The first-order valence-electron chi connectivity index (χ1n) is 6.07. The Morgan fingerprint density at radius 2 is 2.00 bits per heavy atom. The molecular weight excluding hydrogens is 222 g/mol. The standard InChI is InChI=1S/C11H21N3O3/c1-8(10(15)16)7-14-11(17)13-6-2-5-12-9-3-4-9/h8-9,12H,2-7H2,1H3,(H,15,16)(H2,13,14,17). The van der Waals surface area contributed by atoms with Crippen molar-refractivity contribution in [2.24, 2.45) is 5.92 Å². The maximum Gasteiger partial charge on any atom is 0.314 e. The maximum absolute atomic E-state index is 11.2. The highest BCUT2D eigenvalue weighted by atomic mass is 16.4. The Balaban J connectivity index is 1.91. The van der Waals surface area contributed by atoms with Crippen LogP contribution in [0.5, 0.6) is 0 Å². The van der Waals surface area contributed by atoms with Gasteiger partial charge in [0.15, 0.2) is 0 Å². The predicted molar refractivity (Wildman–Crippen MR) is 63.8 cm³/mol. The van der Waals surface area contributed by atoms with Crippen molar-refractivity contribution in [1.29, 1.82) is 0 Å². The molecule has 17 heavy (non-hydrogen) atoms. The van der Waals surface area contributed by atoms with Gasteiger partial charge < -0.3 is 21.1 Å². The largest absolute Gasteiger partial charge is 0.481 e. The van der Waals surface area contributed by atoms with Gasteiger partial charge in [0.05, 0.1) is 5.92 Å². The fourth-order valence-electron chi connectivity index (χ4n) is 1.28. The van der Waals surface area contributed by atoms with Gasteiger partial charge in [0.2, 0.25) is 0 Å². The summed E-state index contributed by atoms with van der Waals surface area (Å²) in [5.74, 6) is -1.46. The lowest BCUT2D eigenvalue weighted by molar-refractivity contribution is -0.140. The van der Waals surface area contributed by atoms with E-state index in [2.05, 4.69) is 16.0 Å². The molecule has 0 spiro atoms. The lowest BCUT2D eigenvalue weighted by Gasteiger charge is -2.10. The molecule has 1 unspecified atom stereocenters. The third kappa shape index (κ3) is 6.78. The first kappa shape index (κ1) is 13.8. The van der Waals surface area contributed by atoms with Crippen LogP contribution >= 0.6 is 0 Å². The Labute approximate surface area is 101 Å². The molecule has 0 radical (unpaired) electrons. The normalized spacial score (nSPS) is 16.3. The van der Waals surface area contributed by atoms with Crippen LogP contribution in [0.25, 0.3) is 0 Å². The van der Waals surface area contributed by atoms with Gasteiger partial charge >= 0.3 is 12.0 Å². The van der Waals surface area contributed by atoms with E-state index in [-0.39, 0.29) is 12.6 Å². The summed E-state index contributed by atoms with van der Waals surface area (Å²) in [5, 5.41) is 17.2. The highest BCUT2D eigenvalue weighted by Gasteiger charge is 2.19. The van der Waals surface area contributed by atoms with Crippen LogP contribution in [0.4, 0.5) is 4.79 Å². The number of rotatable bonds is 8. The predicted octanol–water partition coefficient (Wildman–Crippen LogP) is 0.148. The minimum Gasteiger partial charge on any atom is -0.481 e. The van der Waals surface area contributed by atoms with Crippen molar-refractivity contribution in [1.82, 2.24) is 16.0 Å². The Morgan fingerprint density at radius 1 is 1.29 bits per heavy atom. The van der Waals surface area contributed by atoms with E-state index in [1.807, 2.05) is 0 Å². The van der Waals surface area contributed by atoms with Crippen LogP contribution in [0.3, 0.4) is 0 Å². The van der Waals surface area contributed by atoms with Crippen LogP contribution < -0.4 is 16.0 Å². The third-order valence-electron chi connectivity index (χ3n) is 2.64. The fourth-order valence-corrected chi connectivity index (χ4v) is 1.28. The van der Waals surface area contributed by atoms with E-state index in [4.69, 9.17) is 5.11 Å². The first-order chi connectivity index (χ1) is 8.09. The molecular formula is C11H21N3O3. The zero-order valence-corrected chi connectivity index (χ0v) is 10.2. The Hall–Kier alpha value is -1.30. The SMILES string of the molecule is CC(CNC(=O)NCCCNC1CC1)C(=O)O. The van der Waals surface area contributed by atoms with Crippen molar-refractivity contribution in [3.63, 3.8) is 0 Å². The molecule has 6 heteroatoms. The van der Waals surface area contributed by atoms with Crippen LogP contribution in [0.2, 0.25) is 0 Å². The Bertz CT molecular complexity index is 267. The number of amides is 2. The molecule has 0 aromatic rings. The number of carbonyl (C=O) groups is 2. The number of urea groups is 1. The number of carboxylic acid groups (broad SMARTS) is 1. The number of hydrogen-bond acceptors (Lipinski definition) is 3. The van der Waals surface area contributed by atoms with E-state index >= 15 is 0 Å². The molecule has 0 aromatic carbocycles. The van der Waals surface area contributed by atoms with Gasteiger partial charge in [-0.2, -0.15) is 0 Å². The maximum atomic E-state index is 11.2. The smallest absolute Gasteiger partial charge is 0.314 e. The molecule has 0 saturated heterocycles. The minimum atomic E-state index is -0.904. The van der Waals surface area contributed by atoms with Crippen LogP contribution in [-0.4, -0.2) is 42.8 Å². The lowest BCUT2D eigenvalue weighted by Crippen LogP contribution is -2.40. The van der Waals surface area contributed by atoms with Crippen molar-refractivity contribution < 1.29 is 14.7 Å². The lowest BCUT2D eigenvalue weighted by atomic mass is 10.2. The van der Waals surface area contributed by atoms with E-state index < -0.39 is 11.9 Å². The summed E-state index contributed by atoms with van der Waals surface area (Å²) in [5.41, 5.74) is 0. The van der Waals surface area contributed by atoms with Gasteiger partial charge in [0.1, 0.15) is 0 Å². The van der Waals surface area contributed by atoms with E-state index in [0.717, 1.165) is 13.0 Å². The molecule has 2 amide bonds. The molecule has 98 valence electrons. The van der Waals surface area contributed by atoms with Crippen LogP contribution in [-0.2, 0) is 4.79 Å². The number of hydrogen-bond donors (Lipinski definition) is 4. The first-order valence-corrected chi connectivity index (χ1v) is 6.07. The Kier molecular flexibility index (Phi) is 5.76. The number of nitrogens with one attached hydrogen (secondary N) is 3. The average Bonchev–Trinajstić information content (AvgIpc) is 3.09. The molecule has 1 atom stereocenters. The Morgan fingerprint density at radius 3 is 2.59 bits per heavy atom.